The topological polar surface area (TPSA) is 75.4 Å². The van der Waals surface area contributed by atoms with Gasteiger partial charge in [-0.2, -0.15) is 4.98 Å². The van der Waals surface area contributed by atoms with Gasteiger partial charge in [0.2, 0.25) is 0 Å². The maximum atomic E-state index is 14.5. The van der Waals surface area contributed by atoms with Crippen molar-refractivity contribution in [1.82, 2.24) is 24.5 Å². The Labute approximate surface area is 176 Å². The van der Waals surface area contributed by atoms with Gasteiger partial charge >= 0.3 is 6.03 Å². The van der Waals surface area contributed by atoms with Gasteiger partial charge in [-0.05, 0) is 30.2 Å². The first kappa shape index (κ1) is 19.1. The molecule has 4 aromatic rings. The smallest absolute Gasteiger partial charge is 0.321 e. The van der Waals surface area contributed by atoms with Crippen molar-refractivity contribution in [3.8, 4) is 22.5 Å². The van der Waals surface area contributed by atoms with E-state index in [0.29, 0.717) is 24.4 Å². The number of hydrogen-bond donors (Lipinski definition) is 1. The summed E-state index contributed by atoms with van der Waals surface area (Å²) in [5, 5.41) is 7.05. The lowest BCUT2D eigenvalue weighted by Crippen LogP contribution is -2.33. The third-order valence-electron chi connectivity index (χ3n) is 5.18. The predicted octanol–water partition coefficient (Wildman–Crippen LogP) is 4.17. The summed E-state index contributed by atoms with van der Waals surface area (Å²) in [6.45, 7) is 0.410. The van der Waals surface area contributed by atoms with Crippen LogP contribution in [0.2, 0.25) is 0 Å². The standard InChI is InChI=1S/C22H18F2N6O/c23-16-8-9-29(13-16)22(31)26-17-6-7-19(24)18(10-17)20-27-21-25-11-15(12-30(21)28-20)14-4-2-1-3-5-14/h1-7,10-12,16H,8-9,13H2,(H,26,31). The van der Waals surface area contributed by atoms with Crippen LogP contribution in [0.4, 0.5) is 19.3 Å². The van der Waals surface area contributed by atoms with E-state index in [0.717, 1.165) is 11.1 Å². The molecule has 0 saturated carbocycles. The minimum atomic E-state index is -1.01. The Kier molecular flexibility index (Phi) is 4.78. The second-order valence-electron chi connectivity index (χ2n) is 7.35. The number of amides is 2. The molecule has 2 aromatic heterocycles. The third-order valence-corrected chi connectivity index (χ3v) is 5.18. The molecule has 1 aliphatic heterocycles. The van der Waals surface area contributed by atoms with Gasteiger partial charge in [-0.1, -0.05) is 30.3 Å². The highest BCUT2D eigenvalue weighted by Gasteiger charge is 2.26. The van der Waals surface area contributed by atoms with Crippen molar-refractivity contribution in [3.63, 3.8) is 0 Å². The zero-order valence-corrected chi connectivity index (χ0v) is 16.4. The van der Waals surface area contributed by atoms with Crippen LogP contribution in [-0.2, 0) is 0 Å². The number of rotatable bonds is 3. The molecule has 2 aromatic carbocycles. The van der Waals surface area contributed by atoms with Crippen molar-refractivity contribution in [1.29, 1.82) is 0 Å². The molecule has 0 bridgehead atoms. The van der Waals surface area contributed by atoms with Gasteiger partial charge in [0.05, 0.1) is 12.1 Å². The third kappa shape index (κ3) is 3.81. The van der Waals surface area contributed by atoms with Gasteiger partial charge in [-0.3, -0.25) is 0 Å². The molecule has 1 saturated heterocycles. The molecule has 2 amide bonds. The molecule has 31 heavy (non-hydrogen) atoms. The zero-order valence-electron chi connectivity index (χ0n) is 16.4. The maximum Gasteiger partial charge on any atom is 0.321 e. The molecular weight excluding hydrogens is 402 g/mol. The molecule has 3 heterocycles. The second-order valence-corrected chi connectivity index (χ2v) is 7.35. The van der Waals surface area contributed by atoms with Gasteiger partial charge in [0, 0.05) is 30.2 Å². The van der Waals surface area contributed by atoms with E-state index in [1.54, 1.807) is 12.4 Å². The monoisotopic (exact) mass is 420 g/mol. The van der Waals surface area contributed by atoms with Crippen LogP contribution < -0.4 is 5.32 Å². The minimum absolute atomic E-state index is 0.0588. The lowest BCUT2D eigenvalue weighted by Gasteiger charge is -2.16. The highest BCUT2D eigenvalue weighted by atomic mass is 19.1. The van der Waals surface area contributed by atoms with Crippen molar-refractivity contribution >= 4 is 17.5 Å². The van der Waals surface area contributed by atoms with Crippen LogP contribution in [0.15, 0.2) is 60.9 Å². The number of alkyl halides is 1. The molecule has 5 rings (SSSR count). The van der Waals surface area contributed by atoms with Crippen LogP contribution in [0.3, 0.4) is 0 Å². The number of likely N-dealkylation sites (tertiary alicyclic amines) is 1. The Balaban J connectivity index is 1.44. The van der Waals surface area contributed by atoms with Gasteiger partial charge in [0.15, 0.2) is 5.82 Å². The summed E-state index contributed by atoms with van der Waals surface area (Å²) in [4.78, 5) is 22.3. The summed E-state index contributed by atoms with van der Waals surface area (Å²) in [6.07, 6.45) is 2.78. The Bertz CT molecular complexity index is 1260. The number of urea groups is 1. The molecule has 0 radical (unpaired) electrons. The number of carbonyl (C=O) groups excluding carboxylic acids is 1. The normalized spacial score (nSPS) is 16.1. The first-order chi connectivity index (χ1) is 15.1. The summed E-state index contributed by atoms with van der Waals surface area (Å²) >= 11 is 0. The number of nitrogens with zero attached hydrogens (tertiary/aromatic N) is 5. The van der Waals surface area contributed by atoms with Crippen molar-refractivity contribution in [2.24, 2.45) is 0 Å². The van der Waals surface area contributed by atoms with E-state index in [1.807, 2.05) is 30.3 Å². The lowest BCUT2D eigenvalue weighted by atomic mass is 10.1. The average molecular weight is 420 g/mol. The minimum Gasteiger partial charge on any atom is -0.322 e. The first-order valence-electron chi connectivity index (χ1n) is 9.84. The number of carbonyl (C=O) groups is 1. The van der Waals surface area contributed by atoms with Gasteiger partial charge in [-0.25, -0.2) is 23.1 Å². The summed E-state index contributed by atoms with van der Waals surface area (Å²) < 4.78 is 29.4. The Hall–Kier alpha value is -3.88. The average Bonchev–Trinajstić information content (AvgIpc) is 3.41. The molecule has 1 unspecified atom stereocenters. The molecule has 0 spiro atoms. The van der Waals surface area contributed by atoms with E-state index in [-0.39, 0.29) is 17.9 Å². The summed E-state index contributed by atoms with van der Waals surface area (Å²) in [5.74, 6) is -0.0481. The van der Waals surface area contributed by atoms with Crippen LogP contribution in [0.1, 0.15) is 6.42 Å². The van der Waals surface area contributed by atoms with Crippen LogP contribution in [0, 0.1) is 5.82 Å². The molecule has 1 aliphatic rings. The van der Waals surface area contributed by atoms with Crippen LogP contribution in [0.5, 0.6) is 0 Å². The van der Waals surface area contributed by atoms with E-state index in [2.05, 4.69) is 20.4 Å². The highest BCUT2D eigenvalue weighted by Crippen LogP contribution is 2.25. The highest BCUT2D eigenvalue weighted by molar-refractivity contribution is 5.90. The van der Waals surface area contributed by atoms with Crippen molar-refractivity contribution in [2.75, 3.05) is 18.4 Å². The molecule has 0 aliphatic carbocycles. The van der Waals surface area contributed by atoms with Crippen molar-refractivity contribution in [2.45, 2.75) is 12.6 Å². The summed E-state index contributed by atoms with van der Waals surface area (Å²) in [5.41, 5.74) is 2.33. The SMILES string of the molecule is O=C(Nc1ccc(F)c(-c2nc3ncc(-c4ccccc4)cn3n2)c1)N1CCC(F)C1. The Morgan fingerprint density at radius 2 is 1.97 bits per heavy atom. The molecule has 9 heteroatoms. The molecule has 1 N–H and O–H groups in total. The van der Waals surface area contributed by atoms with E-state index >= 15 is 0 Å². The number of benzene rings is 2. The van der Waals surface area contributed by atoms with Gasteiger partial charge in [-0.15, -0.1) is 5.10 Å². The Morgan fingerprint density at radius 3 is 2.74 bits per heavy atom. The van der Waals surface area contributed by atoms with Crippen LogP contribution in [-0.4, -0.2) is 49.8 Å². The maximum absolute atomic E-state index is 14.5. The van der Waals surface area contributed by atoms with Gasteiger partial charge in [0.1, 0.15) is 12.0 Å². The van der Waals surface area contributed by atoms with Crippen LogP contribution in [0.25, 0.3) is 28.3 Å². The number of fused-ring (bicyclic) bond motifs is 1. The molecule has 7 nitrogen and oxygen atoms in total. The van der Waals surface area contributed by atoms with Gasteiger partial charge in [0.25, 0.3) is 5.78 Å². The molecule has 1 fully saturated rings. The Morgan fingerprint density at radius 1 is 1.13 bits per heavy atom. The van der Waals surface area contributed by atoms with E-state index < -0.39 is 18.0 Å². The van der Waals surface area contributed by atoms with Crippen molar-refractivity contribution in [3.05, 3.63) is 66.7 Å². The lowest BCUT2D eigenvalue weighted by molar-refractivity contribution is 0.218. The number of hydrogen-bond acceptors (Lipinski definition) is 4. The fraction of sp³-hybridized carbons (Fsp3) is 0.182. The van der Waals surface area contributed by atoms with E-state index in [9.17, 15) is 13.6 Å². The van der Waals surface area contributed by atoms with Gasteiger partial charge < -0.3 is 10.2 Å². The number of halogens is 2. The van der Waals surface area contributed by atoms with Crippen LogP contribution >= 0.6 is 0 Å². The fourth-order valence-corrected chi connectivity index (χ4v) is 3.55. The number of aromatic nitrogens is 4. The predicted molar refractivity (Wildman–Crippen MR) is 112 cm³/mol. The second kappa shape index (κ2) is 7.75. The van der Waals surface area contributed by atoms with E-state index in [4.69, 9.17) is 0 Å². The molecule has 1 atom stereocenters. The number of nitrogens with one attached hydrogen (secondary N) is 1. The largest absolute Gasteiger partial charge is 0.322 e. The summed E-state index contributed by atoms with van der Waals surface area (Å²) in [7, 11) is 0. The zero-order chi connectivity index (χ0) is 21.4. The van der Waals surface area contributed by atoms with Crippen molar-refractivity contribution < 1.29 is 13.6 Å². The molecular formula is C22H18F2N6O. The number of anilines is 1. The van der Waals surface area contributed by atoms with E-state index in [1.165, 1.54) is 27.6 Å². The summed E-state index contributed by atoms with van der Waals surface area (Å²) in [6, 6.07) is 13.4. The first-order valence-corrected chi connectivity index (χ1v) is 9.84. The molecule has 156 valence electrons. The fourth-order valence-electron chi connectivity index (χ4n) is 3.55. The quantitative estimate of drug-likeness (QED) is 0.540.